The van der Waals surface area contributed by atoms with Gasteiger partial charge in [0, 0.05) is 49.4 Å². The standard InChI is InChI=1S/C26H27N5O/c1-30-16-21-14-20(24-6-7-26(29-28-24)31-10-12-32-13-11-31)4-5-22(21)23(17-30)19-3-2-18-8-9-27-25(18)15-19/h2-9,14-15,23,27H,10-13,16-17H2,1H3. The van der Waals surface area contributed by atoms with Crippen molar-refractivity contribution < 1.29 is 4.74 Å². The van der Waals surface area contributed by atoms with Crippen molar-refractivity contribution in [3.8, 4) is 11.3 Å². The molecule has 4 heterocycles. The Bertz CT molecular complexity index is 1240. The van der Waals surface area contributed by atoms with E-state index in [0.29, 0.717) is 5.92 Å². The summed E-state index contributed by atoms with van der Waals surface area (Å²) < 4.78 is 5.44. The fourth-order valence-electron chi connectivity index (χ4n) is 5.01. The van der Waals surface area contributed by atoms with Gasteiger partial charge in [0.15, 0.2) is 5.82 Å². The molecule has 0 saturated carbocycles. The zero-order valence-corrected chi connectivity index (χ0v) is 18.3. The van der Waals surface area contributed by atoms with E-state index < -0.39 is 0 Å². The number of anilines is 1. The van der Waals surface area contributed by atoms with Gasteiger partial charge in [0.25, 0.3) is 0 Å². The molecule has 2 aliphatic heterocycles. The molecule has 0 aliphatic carbocycles. The van der Waals surface area contributed by atoms with E-state index in [9.17, 15) is 0 Å². The number of morpholine rings is 1. The molecule has 4 aromatic rings. The van der Waals surface area contributed by atoms with E-state index in [1.807, 2.05) is 6.20 Å². The fraction of sp³-hybridized carbons (Fsp3) is 0.308. The van der Waals surface area contributed by atoms with E-state index in [2.05, 4.69) is 86.6 Å². The van der Waals surface area contributed by atoms with Gasteiger partial charge in [0.1, 0.15) is 0 Å². The zero-order valence-electron chi connectivity index (χ0n) is 18.3. The Balaban J connectivity index is 1.31. The SMILES string of the molecule is CN1Cc2cc(-c3ccc(N4CCOCC4)nn3)ccc2C(c2ccc3cc[nH]c3c2)C1. The molecular formula is C26H27N5O. The number of ether oxygens (including phenoxy) is 1. The van der Waals surface area contributed by atoms with Gasteiger partial charge in [-0.2, -0.15) is 0 Å². The van der Waals surface area contributed by atoms with Gasteiger partial charge in [-0.25, -0.2) is 0 Å². The molecule has 6 heteroatoms. The normalized spacial score (nSPS) is 19.3. The number of nitrogens with zero attached hydrogens (tertiary/aromatic N) is 4. The second-order valence-electron chi connectivity index (χ2n) is 8.86. The van der Waals surface area contributed by atoms with Gasteiger partial charge in [-0.1, -0.05) is 24.3 Å². The summed E-state index contributed by atoms with van der Waals surface area (Å²) >= 11 is 0. The number of nitrogens with one attached hydrogen (secondary N) is 1. The van der Waals surface area contributed by atoms with Crippen LogP contribution in [0.15, 0.2) is 60.8 Å². The van der Waals surface area contributed by atoms with Crippen LogP contribution in [0.3, 0.4) is 0 Å². The van der Waals surface area contributed by atoms with Crippen molar-refractivity contribution in [2.75, 3.05) is 44.8 Å². The van der Waals surface area contributed by atoms with Crippen LogP contribution in [0.5, 0.6) is 0 Å². The molecule has 2 aliphatic rings. The molecule has 0 bridgehead atoms. The zero-order chi connectivity index (χ0) is 21.5. The molecule has 0 amide bonds. The van der Waals surface area contributed by atoms with Crippen LogP contribution >= 0.6 is 0 Å². The molecule has 32 heavy (non-hydrogen) atoms. The molecule has 2 aromatic carbocycles. The first-order valence-electron chi connectivity index (χ1n) is 11.3. The van der Waals surface area contributed by atoms with Gasteiger partial charge >= 0.3 is 0 Å². The number of hydrogen-bond donors (Lipinski definition) is 1. The number of fused-ring (bicyclic) bond motifs is 2. The van der Waals surface area contributed by atoms with Crippen LogP contribution in [0.2, 0.25) is 0 Å². The van der Waals surface area contributed by atoms with Crippen molar-refractivity contribution in [1.29, 1.82) is 0 Å². The molecule has 0 spiro atoms. The van der Waals surface area contributed by atoms with Crippen LogP contribution in [-0.4, -0.2) is 60.0 Å². The minimum atomic E-state index is 0.361. The highest BCUT2D eigenvalue weighted by atomic mass is 16.5. The minimum absolute atomic E-state index is 0.361. The van der Waals surface area contributed by atoms with E-state index in [1.54, 1.807) is 0 Å². The summed E-state index contributed by atoms with van der Waals surface area (Å²) in [6.45, 7) is 5.21. The third-order valence-corrected chi connectivity index (χ3v) is 6.72. The smallest absolute Gasteiger partial charge is 0.151 e. The van der Waals surface area contributed by atoms with Gasteiger partial charge in [0.2, 0.25) is 0 Å². The first-order chi connectivity index (χ1) is 15.7. The summed E-state index contributed by atoms with van der Waals surface area (Å²) in [5, 5.41) is 10.3. The van der Waals surface area contributed by atoms with Crippen molar-refractivity contribution in [2.24, 2.45) is 0 Å². The number of hydrogen-bond acceptors (Lipinski definition) is 5. The van der Waals surface area contributed by atoms with Crippen LogP contribution in [0, 0.1) is 0 Å². The maximum absolute atomic E-state index is 5.44. The van der Waals surface area contributed by atoms with Crippen molar-refractivity contribution in [3.63, 3.8) is 0 Å². The molecule has 1 unspecified atom stereocenters. The van der Waals surface area contributed by atoms with E-state index in [-0.39, 0.29) is 0 Å². The molecule has 1 fully saturated rings. The lowest BCUT2D eigenvalue weighted by atomic mass is 9.83. The van der Waals surface area contributed by atoms with E-state index in [1.165, 1.54) is 27.6 Å². The molecule has 1 N–H and O–H groups in total. The molecule has 6 rings (SSSR count). The number of aromatic amines is 1. The highest BCUT2D eigenvalue weighted by Gasteiger charge is 2.25. The number of benzene rings is 2. The quantitative estimate of drug-likeness (QED) is 0.537. The lowest BCUT2D eigenvalue weighted by Crippen LogP contribution is -2.36. The van der Waals surface area contributed by atoms with Crippen LogP contribution in [0.4, 0.5) is 5.82 Å². The van der Waals surface area contributed by atoms with Gasteiger partial charge in [-0.15, -0.1) is 10.2 Å². The predicted molar refractivity (Wildman–Crippen MR) is 127 cm³/mol. The Morgan fingerprint density at radius 1 is 0.969 bits per heavy atom. The summed E-state index contributed by atoms with van der Waals surface area (Å²) in [7, 11) is 2.20. The Morgan fingerprint density at radius 2 is 1.88 bits per heavy atom. The lowest BCUT2D eigenvalue weighted by Gasteiger charge is -2.33. The average molecular weight is 426 g/mol. The predicted octanol–water partition coefficient (Wildman–Crippen LogP) is 4.04. The molecule has 0 radical (unpaired) electrons. The molecule has 2 aromatic heterocycles. The van der Waals surface area contributed by atoms with Crippen molar-refractivity contribution in [2.45, 2.75) is 12.5 Å². The van der Waals surface area contributed by atoms with Gasteiger partial charge in [0.05, 0.1) is 18.9 Å². The Hall–Kier alpha value is -3.22. The maximum atomic E-state index is 5.44. The topological polar surface area (TPSA) is 57.3 Å². The largest absolute Gasteiger partial charge is 0.378 e. The van der Waals surface area contributed by atoms with Crippen molar-refractivity contribution >= 4 is 16.7 Å². The molecule has 162 valence electrons. The first kappa shape index (κ1) is 19.5. The summed E-state index contributed by atoms with van der Waals surface area (Å²) in [6, 6.07) is 19.9. The fourth-order valence-corrected chi connectivity index (χ4v) is 5.01. The number of likely N-dealkylation sites (N-methyl/N-ethyl adjacent to an activating group) is 1. The first-order valence-corrected chi connectivity index (χ1v) is 11.3. The lowest BCUT2D eigenvalue weighted by molar-refractivity contribution is 0.122. The number of rotatable bonds is 3. The molecular weight excluding hydrogens is 398 g/mol. The van der Waals surface area contributed by atoms with E-state index in [4.69, 9.17) is 4.74 Å². The highest BCUT2D eigenvalue weighted by Crippen LogP contribution is 2.36. The number of H-pyrrole nitrogens is 1. The Morgan fingerprint density at radius 3 is 2.72 bits per heavy atom. The molecule has 1 atom stereocenters. The third-order valence-electron chi connectivity index (χ3n) is 6.72. The van der Waals surface area contributed by atoms with Crippen LogP contribution in [0.1, 0.15) is 22.6 Å². The van der Waals surface area contributed by atoms with Crippen molar-refractivity contribution in [1.82, 2.24) is 20.1 Å². The second kappa shape index (κ2) is 8.04. The minimum Gasteiger partial charge on any atom is -0.378 e. The van der Waals surface area contributed by atoms with Crippen molar-refractivity contribution in [3.05, 3.63) is 77.5 Å². The molecule has 1 saturated heterocycles. The second-order valence-corrected chi connectivity index (χ2v) is 8.86. The third kappa shape index (κ3) is 3.55. The molecule has 6 nitrogen and oxygen atoms in total. The summed E-state index contributed by atoms with van der Waals surface area (Å²) in [6.07, 6.45) is 2.01. The Kier molecular flexibility index (Phi) is 4.89. The van der Waals surface area contributed by atoms with Crippen LogP contribution < -0.4 is 4.90 Å². The summed E-state index contributed by atoms with van der Waals surface area (Å²) in [4.78, 5) is 7.99. The van der Waals surface area contributed by atoms with Gasteiger partial charge in [-0.05, 0) is 59.5 Å². The van der Waals surface area contributed by atoms with Gasteiger partial charge in [-0.3, -0.25) is 0 Å². The maximum Gasteiger partial charge on any atom is 0.151 e. The monoisotopic (exact) mass is 425 g/mol. The number of aromatic nitrogens is 3. The summed E-state index contributed by atoms with van der Waals surface area (Å²) in [5.41, 5.74) is 7.38. The van der Waals surface area contributed by atoms with E-state index >= 15 is 0 Å². The van der Waals surface area contributed by atoms with Crippen LogP contribution in [-0.2, 0) is 11.3 Å². The van der Waals surface area contributed by atoms with E-state index in [0.717, 1.165) is 56.5 Å². The highest BCUT2D eigenvalue weighted by molar-refractivity contribution is 5.80. The Labute approximate surface area is 187 Å². The van der Waals surface area contributed by atoms with Gasteiger partial charge < -0.3 is 19.5 Å². The summed E-state index contributed by atoms with van der Waals surface area (Å²) in [5.74, 6) is 1.29. The average Bonchev–Trinajstić information content (AvgIpc) is 3.32. The van der Waals surface area contributed by atoms with Crippen LogP contribution in [0.25, 0.3) is 22.2 Å².